The van der Waals surface area contributed by atoms with Crippen molar-refractivity contribution in [2.45, 2.75) is 45.6 Å². The third-order valence-corrected chi connectivity index (χ3v) is 3.06. The molecule has 0 amide bonds. The zero-order valence-corrected chi connectivity index (χ0v) is 9.84. The number of aryl methyl sites for hydroxylation is 2. The van der Waals surface area contributed by atoms with Crippen molar-refractivity contribution in [1.29, 1.82) is 0 Å². The Labute approximate surface area is 94.8 Å². The molecule has 0 spiro atoms. The van der Waals surface area contributed by atoms with Crippen LogP contribution >= 0.6 is 11.6 Å². The Hall–Kier alpha value is -0.830. The molecule has 0 aliphatic heterocycles. The lowest BCUT2D eigenvalue weighted by Crippen LogP contribution is -2.13. The molecule has 1 aromatic heterocycles. The highest BCUT2D eigenvalue weighted by Crippen LogP contribution is 2.27. The van der Waals surface area contributed by atoms with E-state index in [0.29, 0.717) is 11.0 Å². The van der Waals surface area contributed by atoms with Gasteiger partial charge in [-0.1, -0.05) is 11.6 Å². The molecule has 0 bridgehead atoms. The van der Waals surface area contributed by atoms with E-state index in [9.17, 15) is 0 Å². The molecule has 0 N–H and O–H groups in total. The molecule has 4 heteroatoms. The van der Waals surface area contributed by atoms with Gasteiger partial charge in [0.25, 0.3) is 5.88 Å². The van der Waals surface area contributed by atoms with Crippen molar-refractivity contribution >= 4 is 11.6 Å². The van der Waals surface area contributed by atoms with Gasteiger partial charge >= 0.3 is 0 Å². The van der Waals surface area contributed by atoms with Crippen molar-refractivity contribution < 1.29 is 4.74 Å². The fourth-order valence-electron chi connectivity index (χ4n) is 1.79. The molecule has 0 saturated heterocycles. The molecule has 0 atom stereocenters. The van der Waals surface area contributed by atoms with Crippen LogP contribution < -0.4 is 4.74 Å². The van der Waals surface area contributed by atoms with Crippen molar-refractivity contribution in [1.82, 2.24) is 9.97 Å². The van der Waals surface area contributed by atoms with Crippen molar-refractivity contribution in [3.05, 3.63) is 16.5 Å². The summed E-state index contributed by atoms with van der Waals surface area (Å²) in [5.74, 6) is 0.492. The quantitative estimate of drug-likeness (QED) is 0.778. The standard InChI is InChI=1S/C11H15ClN2O/c1-7-8(2)14-11(10(12)13-7)15-9-5-3-4-6-9/h9H,3-6H2,1-2H3. The van der Waals surface area contributed by atoms with Crippen molar-refractivity contribution in [2.24, 2.45) is 0 Å². The average Bonchev–Trinajstić information content (AvgIpc) is 2.67. The monoisotopic (exact) mass is 226 g/mol. The number of ether oxygens (including phenoxy) is 1. The van der Waals surface area contributed by atoms with Crippen LogP contribution in [0.3, 0.4) is 0 Å². The summed E-state index contributed by atoms with van der Waals surface area (Å²) in [6.07, 6.45) is 4.95. The lowest BCUT2D eigenvalue weighted by molar-refractivity contribution is 0.200. The maximum Gasteiger partial charge on any atom is 0.252 e. The molecule has 1 aromatic rings. The molecule has 3 nitrogen and oxygen atoms in total. The van der Waals surface area contributed by atoms with E-state index in [2.05, 4.69) is 9.97 Å². The van der Waals surface area contributed by atoms with Gasteiger partial charge in [0.1, 0.15) is 6.10 Å². The highest BCUT2D eigenvalue weighted by atomic mass is 35.5. The average molecular weight is 227 g/mol. The van der Waals surface area contributed by atoms with Crippen LogP contribution in [0.1, 0.15) is 37.1 Å². The molecule has 1 heterocycles. The minimum Gasteiger partial charge on any atom is -0.472 e. The van der Waals surface area contributed by atoms with Gasteiger partial charge in [-0.15, -0.1) is 0 Å². The van der Waals surface area contributed by atoms with E-state index < -0.39 is 0 Å². The first-order valence-corrected chi connectivity index (χ1v) is 5.72. The fourth-order valence-corrected chi connectivity index (χ4v) is 2.01. The van der Waals surface area contributed by atoms with Crippen LogP contribution in [0.15, 0.2) is 0 Å². The minimum absolute atomic E-state index is 0.277. The second-order valence-corrected chi connectivity index (χ2v) is 4.37. The Morgan fingerprint density at radius 3 is 2.40 bits per heavy atom. The number of nitrogens with zero attached hydrogens (tertiary/aromatic N) is 2. The van der Waals surface area contributed by atoms with E-state index in [1.807, 2.05) is 13.8 Å². The Morgan fingerprint density at radius 1 is 1.13 bits per heavy atom. The summed E-state index contributed by atoms with van der Waals surface area (Å²) < 4.78 is 5.74. The first-order chi connectivity index (χ1) is 7.16. The van der Waals surface area contributed by atoms with Crippen LogP contribution in [0.25, 0.3) is 0 Å². The van der Waals surface area contributed by atoms with Crippen LogP contribution in [-0.2, 0) is 0 Å². The summed E-state index contributed by atoms with van der Waals surface area (Å²) >= 11 is 5.98. The molecule has 1 fully saturated rings. The van der Waals surface area contributed by atoms with E-state index >= 15 is 0 Å². The number of aromatic nitrogens is 2. The van der Waals surface area contributed by atoms with Gasteiger partial charge in [0.2, 0.25) is 0 Å². The second-order valence-electron chi connectivity index (χ2n) is 4.01. The predicted octanol–water partition coefficient (Wildman–Crippen LogP) is 3.07. The maximum atomic E-state index is 5.98. The van der Waals surface area contributed by atoms with Crippen molar-refractivity contribution in [3.8, 4) is 5.88 Å². The van der Waals surface area contributed by atoms with Gasteiger partial charge in [0, 0.05) is 0 Å². The van der Waals surface area contributed by atoms with E-state index in [-0.39, 0.29) is 6.10 Å². The Bertz CT molecular complexity index is 362. The smallest absolute Gasteiger partial charge is 0.252 e. The molecule has 15 heavy (non-hydrogen) atoms. The van der Waals surface area contributed by atoms with E-state index in [1.165, 1.54) is 12.8 Å². The summed E-state index contributed by atoms with van der Waals surface area (Å²) in [4.78, 5) is 8.51. The summed E-state index contributed by atoms with van der Waals surface area (Å²) in [7, 11) is 0. The van der Waals surface area contributed by atoms with Gasteiger partial charge in [0.15, 0.2) is 5.15 Å². The minimum atomic E-state index is 0.277. The van der Waals surface area contributed by atoms with Gasteiger partial charge in [-0.25, -0.2) is 9.97 Å². The van der Waals surface area contributed by atoms with Gasteiger partial charge in [-0.2, -0.15) is 0 Å². The highest BCUT2D eigenvalue weighted by molar-refractivity contribution is 6.30. The van der Waals surface area contributed by atoms with Gasteiger partial charge < -0.3 is 4.74 Å². The third-order valence-electron chi connectivity index (χ3n) is 2.82. The Kier molecular flexibility index (Phi) is 3.10. The number of rotatable bonds is 2. The summed E-state index contributed by atoms with van der Waals surface area (Å²) in [6, 6.07) is 0. The fraction of sp³-hybridized carbons (Fsp3) is 0.636. The van der Waals surface area contributed by atoms with E-state index in [1.54, 1.807) is 0 Å². The molecule has 0 aromatic carbocycles. The second kappa shape index (κ2) is 4.35. The molecular weight excluding hydrogens is 212 g/mol. The molecule has 0 unspecified atom stereocenters. The zero-order chi connectivity index (χ0) is 10.8. The largest absolute Gasteiger partial charge is 0.472 e. The van der Waals surface area contributed by atoms with Crippen LogP contribution in [-0.4, -0.2) is 16.1 Å². The van der Waals surface area contributed by atoms with Gasteiger partial charge in [-0.3, -0.25) is 0 Å². The number of hydrogen-bond donors (Lipinski definition) is 0. The summed E-state index contributed by atoms with van der Waals surface area (Å²) in [5, 5.41) is 0.380. The molecule has 1 aliphatic rings. The SMILES string of the molecule is Cc1nc(Cl)c(OC2CCCC2)nc1C. The van der Waals surface area contributed by atoms with E-state index in [4.69, 9.17) is 16.3 Å². The Morgan fingerprint density at radius 2 is 1.73 bits per heavy atom. The molecule has 1 saturated carbocycles. The molecule has 82 valence electrons. The highest BCUT2D eigenvalue weighted by Gasteiger charge is 2.19. The number of halogens is 1. The summed E-state index contributed by atoms with van der Waals surface area (Å²) in [6.45, 7) is 3.81. The lowest BCUT2D eigenvalue weighted by atomic mass is 10.3. The van der Waals surface area contributed by atoms with Crippen molar-refractivity contribution in [2.75, 3.05) is 0 Å². The molecule has 1 aliphatic carbocycles. The van der Waals surface area contributed by atoms with E-state index in [0.717, 1.165) is 24.2 Å². The molecule has 0 radical (unpaired) electrons. The van der Waals surface area contributed by atoms with Gasteiger partial charge in [0.05, 0.1) is 11.4 Å². The molecule has 2 rings (SSSR count). The first kappa shape index (κ1) is 10.7. The van der Waals surface area contributed by atoms with Crippen LogP contribution in [0.2, 0.25) is 5.15 Å². The topological polar surface area (TPSA) is 35.0 Å². The first-order valence-electron chi connectivity index (χ1n) is 5.34. The number of hydrogen-bond acceptors (Lipinski definition) is 3. The predicted molar refractivity (Wildman–Crippen MR) is 59.4 cm³/mol. The normalized spacial score (nSPS) is 17.0. The van der Waals surface area contributed by atoms with Gasteiger partial charge in [-0.05, 0) is 39.5 Å². The zero-order valence-electron chi connectivity index (χ0n) is 9.09. The molecular formula is C11H15ClN2O. The van der Waals surface area contributed by atoms with Crippen LogP contribution in [0, 0.1) is 13.8 Å². The third kappa shape index (κ3) is 2.40. The van der Waals surface area contributed by atoms with Crippen molar-refractivity contribution in [3.63, 3.8) is 0 Å². The summed E-state index contributed by atoms with van der Waals surface area (Å²) in [5.41, 5.74) is 1.74. The maximum absolute atomic E-state index is 5.98. The lowest BCUT2D eigenvalue weighted by Gasteiger charge is -2.13. The van der Waals surface area contributed by atoms with Crippen LogP contribution in [0.4, 0.5) is 0 Å². The Balaban J connectivity index is 2.16. The van der Waals surface area contributed by atoms with Crippen LogP contribution in [0.5, 0.6) is 5.88 Å².